The van der Waals surface area contributed by atoms with Crippen LogP contribution in [0.5, 0.6) is 0 Å². The minimum Gasteiger partial charge on any atom is -0.469 e. The second-order valence-electron chi connectivity index (χ2n) is 6.31. The maximum atomic E-state index is 12.6. The van der Waals surface area contributed by atoms with Crippen LogP contribution in [0.1, 0.15) is 18.4 Å². The van der Waals surface area contributed by atoms with E-state index >= 15 is 0 Å². The third kappa shape index (κ3) is 6.64. The van der Waals surface area contributed by atoms with Crippen LogP contribution in [-0.2, 0) is 30.3 Å². The van der Waals surface area contributed by atoms with Crippen molar-refractivity contribution in [2.75, 3.05) is 19.5 Å². The zero-order chi connectivity index (χ0) is 22.1. The van der Waals surface area contributed by atoms with Crippen molar-refractivity contribution in [3.05, 3.63) is 58.1 Å². The standard InChI is InChI=1S/C21H22Cl2N2O5/c1-29-19(27)11-10-17(21(28)30-2)24-18(26)12-13-6-3-4-9-16(13)25-20-14(22)7-5-8-15(20)23/h3-9,17,25H,10-12H2,1-2H3,(H,24,26)/t17-/m0/s1. The van der Waals surface area contributed by atoms with E-state index in [1.807, 2.05) is 6.07 Å². The number of methoxy groups -OCH3 is 2. The number of amides is 1. The van der Waals surface area contributed by atoms with Gasteiger partial charge in [0.1, 0.15) is 6.04 Å². The van der Waals surface area contributed by atoms with Gasteiger partial charge in [0.15, 0.2) is 0 Å². The number of halogens is 2. The van der Waals surface area contributed by atoms with Gasteiger partial charge in [-0.05, 0) is 30.2 Å². The number of ether oxygens (including phenoxy) is 2. The zero-order valence-electron chi connectivity index (χ0n) is 16.5. The Bertz CT molecular complexity index is 900. The zero-order valence-corrected chi connectivity index (χ0v) is 18.0. The van der Waals surface area contributed by atoms with E-state index in [1.54, 1.807) is 36.4 Å². The third-order valence-electron chi connectivity index (χ3n) is 4.28. The fourth-order valence-corrected chi connectivity index (χ4v) is 3.21. The highest BCUT2D eigenvalue weighted by atomic mass is 35.5. The van der Waals surface area contributed by atoms with Gasteiger partial charge in [0, 0.05) is 12.1 Å². The van der Waals surface area contributed by atoms with Crippen LogP contribution >= 0.6 is 23.2 Å². The van der Waals surface area contributed by atoms with Crippen LogP contribution in [0.15, 0.2) is 42.5 Å². The van der Waals surface area contributed by atoms with Crippen molar-refractivity contribution in [3.8, 4) is 0 Å². The third-order valence-corrected chi connectivity index (χ3v) is 4.91. The van der Waals surface area contributed by atoms with Crippen LogP contribution in [0.4, 0.5) is 11.4 Å². The lowest BCUT2D eigenvalue weighted by atomic mass is 10.1. The van der Waals surface area contributed by atoms with Gasteiger partial charge in [0.25, 0.3) is 0 Å². The van der Waals surface area contributed by atoms with Gasteiger partial charge in [-0.2, -0.15) is 0 Å². The highest BCUT2D eigenvalue weighted by Crippen LogP contribution is 2.33. The van der Waals surface area contributed by atoms with Gasteiger partial charge in [-0.15, -0.1) is 0 Å². The summed E-state index contributed by atoms with van der Waals surface area (Å²) in [6, 6.07) is 11.3. The predicted molar refractivity (Wildman–Crippen MR) is 115 cm³/mol. The number of nitrogens with one attached hydrogen (secondary N) is 2. The molecule has 1 amide bonds. The Morgan fingerprint density at radius 1 is 0.967 bits per heavy atom. The van der Waals surface area contributed by atoms with E-state index in [2.05, 4.69) is 15.4 Å². The van der Waals surface area contributed by atoms with Crippen molar-refractivity contribution in [1.82, 2.24) is 5.32 Å². The Kier molecular flexibility index (Phi) is 8.95. The van der Waals surface area contributed by atoms with E-state index in [9.17, 15) is 14.4 Å². The fraction of sp³-hybridized carbons (Fsp3) is 0.286. The van der Waals surface area contributed by atoms with E-state index in [-0.39, 0.29) is 19.3 Å². The van der Waals surface area contributed by atoms with Gasteiger partial charge in [0.2, 0.25) is 5.91 Å². The van der Waals surface area contributed by atoms with Gasteiger partial charge in [-0.3, -0.25) is 9.59 Å². The number of benzene rings is 2. The molecule has 2 aromatic rings. The number of carbonyl (C=O) groups is 3. The molecule has 0 radical (unpaired) electrons. The number of anilines is 2. The summed E-state index contributed by atoms with van der Waals surface area (Å²) in [5.41, 5.74) is 1.84. The molecule has 0 aromatic heterocycles. The molecule has 0 bridgehead atoms. The minimum absolute atomic E-state index is 0.0169. The molecule has 2 N–H and O–H groups in total. The number of rotatable bonds is 9. The first kappa shape index (κ1) is 23.5. The van der Waals surface area contributed by atoms with Crippen molar-refractivity contribution in [1.29, 1.82) is 0 Å². The number of hydrogen-bond donors (Lipinski definition) is 2. The lowest BCUT2D eigenvalue weighted by Gasteiger charge is -2.17. The summed E-state index contributed by atoms with van der Waals surface area (Å²) in [6.45, 7) is 0. The van der Waals surface area contributed by atoms with Crippen molar-refractivity contribution in [2.24, 2.45) is 0 Å². The van der Waals surface area contributed by atoms with E-state index in [1.165, 1.54) is 14.2 Å². The van der Waals surface area contributed by atoms with Crippen molar-refractivity contribution in [2.45, 2.75) is 25.3 Å². The highest BCUT2D eigenvalue weighted by Gasteiger charge is 2.23. The van der Waals surface area contributed by atoms with Crippen molar-refractivity contribution < 1.29 is 23.9 Å². The monoisotopic (exact) mass is 452 g/mol. The van der Waals surface area contributed by atoms with Crippen LogP contribution < -0.4 is 10.6 Å². The fourth-order valence-electron chi connectivity index (χ4n) is 2.72. The average molecular weight is 453 g/mol. The molecule has 0 aliphatic heterocycles. The van der Waals surface area contributed by atoms with Crippen molar-refractivity contribution in [3.63, 3.8) is 0 Å². The van der Waals surface area contributed by atoms with Crippen LogP contribution in [0.3, 0.4) is 0 Å². The SMILES string of the molecule is COC(=O)CC[C@H](NC(=O)Cc1ccccc1Nc1c(Cl)cccc1Cl)C(=O)OC. The lowest BCUT2D eigenvalue weighted by molar-refractivity contribution is -0.146. The Morgan fingerprint density at radius 2 is 1.63 bits per heavy atom. The molecule has 0 aliphatic rings. The van der Waals surface area contributed by atoms with Crippen LogP contribution in [0.25, 0.3) is 0 Å². The summed E-state index contributed by atoms with van der Waals surface area (Å²) >= 11 is 12.4. The molecule has 0 spiro atoms. The molecule has 0 saturated heterocycles. The summed E-state index contributed by atoms with van der Waals surface area (Å²) < 4.78 is 9.28. The van der Waals surface area contributed by atoms with Gasteiger partial charge < -0.3 is 20.1 Å². The normalized spacial score (nSPS) is 11.3. The first-order valence-corrected chi connectivity index (χ1v) is 9.84. The molecule has 160 valence electrons. The summed E-state index contributed by atoms with van der Waals surface area (Å²) in [6.07, 6.45) is 0.0247. The summed E-state index contributed by atoms with van der Waals surface area (Å²) in [5.74, 6) is -1.53. The molecule has 30 heavy (non-hydrogen) atoms. The second kappa shape index (κ2) is 11.4. The molecule has 0 aliphatic carbocycles. The molecule has 7 nitrogen and oxygen atoms in total. The van der Waals surface area contributed by atoms with Gasteiger partial charge in [-0.1, -0.05) is 47.5 Å². The molecular formula is C21H22Cl2N2O5. The Labute approximate surface area is 184 Å². The molecule has 2 aromatic carbocycles. The Morgan fingerprint density at radius 3 is 2.27 bits per heavy atom. The topological polar surface area (TPSA) is 93.7 Å². The van der Waals surface area contributed by atoms with Crippen LogP contribution in [0, 0.1) is 0 Å². The van der Waals surface area contributed by atoms with E-state index in [0.717, 1.165) is 0 Å². The van der Waals surface area contributed by atoms with Gasteiger partial charge >= 0.3 is 11.9 Å². The quantitative estimate of drug-likeness (QED) is 0.560. The summed E-state index contributed by atoms with van der Waals surface area (Å²) in [7, 11) is 2.47. The van der Waals surface area contributed by atoms with E-state index in [4.69, 9.17) is 27.9 Å². The van der Waals surface area contributed by atoms with Gasteiger partial charge in [0.05, 0.1) is 36.4 Å². The van der Waals surface area contributed by atoms with Gasteiger partial charge in [-0.25, -0.2) is 4.79 Å². The lowest BCUT2D eigenvalue weighted by Crippen LogP contribution is -2.42. The summed E-state index contributed by atoms with van der Waals surface area (Å²) in [4.78, 5) is 35.9. The molecule has 1 atom stereocenters. The smallest absolute Gasteiger partial charge is 0.328 e. The Balaban J connectivity index is 2.12. The molecule has 0 fully saturated rings. The maximum Gasteiger partial charge on any atom is 0.328 e. The van der Waals surface area contributed by atoms with E-state index in [0.29, 0.717) is 27.0 Å². The second-order valence-corrected chi connectivity index (χ2v) is 7.13. The summed E-state index contributed by atoms with van der Waals surface area (Å²) in [5, 5.41) is 6.64. The first-order chi connectivity index (χ1) is 14.3. The molecular weight excluding hydrogens is 431 g/mol. The van der Waals surface area contributed by atoms with Crippen LogP contribution in [0.2, 0.25) is 10.0 Å². The first-order valence-electron chi connectivity index (χ1n) is 9.08. The minimum atomic E-state index is -0.959. The molecule has 0 heterocycles. The largest absolute Gasteiger partial charge is 0.469 e. The Hall–Kier alpha value is -2.77. The maximum absolute atomic E-state index is 12.6. The number of carbonyl (C=O) groups excluding carboxylic acids is 3. The predicted octanol–water partition coefficient (Wildman–Crippen LogP) is 3.89. The van der Waals surface area contributed by atoms with Crippen molar-refractivity contribution >= 4 is 52.4 Å². The molecule has 0 unspecified atom stereocenters. The molecule has 2 rings (SSSR count). The van der Waals surface area contributed by atoms with Crippen LogP contribution in [-0.4, -0.2) is 38.1 Å². The number of para-hydroxylation sites is 2. The van der Waals surface area contributed by atoms with E-state index < -0.39 is 23.9 Å². The number of esters is 2. The highest BCUT2D eigenvalue weighted by molar-refractivity contribution is 6.39. The molecule has 0 saturated carbocycles. The molecule has 9 heteroatoms. The average Bonchev–Trinajstić information content (AvgIpc) is 2.74. The number of hydrogen-bond acceptors (Lipinski definition) is 6.